The van der Waals surface area contributed by atoms with E-state index in [9.17, 15) is 9.59 Å². The Balaban J connectivity index is 1.48. The van der Waals surface area contributed by atoms with Crippen molar-refractivity contribution in [1.82, 2.24) is 15.3 Å². The number of ketones is 1. The number of nitrogens with zero attached hydrogens (tertiary/aromatic N) is 2. The second-order valence-electron chi connectivity index (χ2n) is 7.35. The number of thioether (sulfide) groups is 1. The van der Waals surface area contributed by atoms with Gasteiger partial charge < -0.3 is 10.1 Å². The maximum atomic E-state index is 12.8. The maximum Gasteiger partial charge on any atom is 0.228 e. The van der Waals surface area contributed by atoms with Crippen molar-refractivity contribution in [2.45, 2.75) is 43.7 Å². The second-order valence-corrected chi connectivity index (χ2v) is 9.43. The summed E-state index contributed by atoms with van der Waals surface area (Å²) in [5.74, 6) is 1.40. The number of ether oxygens (including phenoxy) is 1. The smallest absolute Gasteiger partial charge is 0.228 e. The van der Waals surface area contributed by atoms with Crippen molar-refractivity contribution in [1.29, 1.82) is 0 Å². The molecule has 0 saturated heterocycles. The summed E-state index contributed by atoms with van der Waals surface area (Å²) in [7, 11) is 1.61. The molecule has 0 radical (unpaired) electrons. The van der Waals surface area contributed by atoms with Crippen LogP contribution in [0.15, 0.2) is 35.4 Å². The van der Waals surface area contributed by atoms with Gasteiger partial charge in [0, 0.05) is 10.9 Å². The van der Waals surface area contributed by atoms with Crippen LogP contribution in [0.5, 0.6) is 5.75 Å². The van der Waals surface area contributed by atoms with E-state index in [2.05, 4.69) is 15.3 Å². The van der Waals surface area contributed by atoms with Gasteiger partial charge in [-0.2, -0.15) is 0 Å². The number of benzene rings is 1. The molecule has 1 N–H and O–H groups in total. The van der Waals surface area contributed by atoms with E-state index in [1.165, 1.54) is 23.1 Å². The average Bonchev–Trinajstić information content (AvgIpc) is 3.41. The number of hydrogen-bond donors (Lipinski definition) is 1. The molecule has 8 heteroatoms. The Morgan fingerprint density at radius 1 is 1.27 bits per heavy atom. The molecule has 3 aromatic rings. The summed E-state index contributed by atoms with van der Waals surface area (Å²) in [5.41, 5.74) is 0.797. The Kier molecular flexibility index (Phi) is 6.06. The fourth-order valence-corrected chi connectivity index (χ4v) is 5.18. The molecule has 156 valence electrons. The lowest BCUT2D eigenvalue weighted by Crippen LogP contribution is -2.29. The largest absolute Gasteiger partial charge is 0.496 e. The van der Waals surface area contributed by atoms with Crippen molar-refractivity contribution >= 4 is 45.7 Å². The van der Waals surface area contributed by atoms with Crippen LogP contribution in [0, 0.1) is 6.92 Å². The standard InChI is InChI=1S/C22H23N3O3S2/c1-12(21(27)25-14-7-8-14)18-9-10-19(30-18)16(26)11-29-22-20-15(23-13(2)24-22)5-4-6-17(20)28-3/h4-6,9-10,12,14H,7-8,11H2,1-3H3,(H,25,27)/t12-/m0/s1. The lowest BCUT2D eigenvalue weighted by molar-refractivity contribution is -0.122. The van der Waals surface area contributed by atoms with Gasteiger partial charge in [0.25, 0.3) is 0 Å². The predicted octanol–water partition coefficient (Wildman–Crippen LogP) is 4.37. The minimum atomic E-state index is -0.248. The molecule has 0 bridgehead atoms. The Labute approximate surface area is 183 Å². The maximum absolute atomic E-state index is 12.8. The molecule has 1 amide bonds. The molecule has 6 nitrogen and oxygen atoms in total. The summed E-state index contributed by atoms with van der Waals surface area (Å²) in [5, 5.41) is 4.58. The van der Waals surface area contributed by atoms with Crippen molar-refractivity contribution in [3.63, 3.8) is 0 Å². The third-order valence-corrected chi connectivity index (χ3v) is 7.25. The van der Waals surface area contributed by atoms with Gasteiger partial charge in [0.1, 0.15) is 16.6 Å². The van der Waals surface area contributed by atoms with Crippen molar-refractivity contribution in [2.75, 3.05) is 12.9 Å². The van der Waals surface area contributed by atoms with E-state index < -0.39 is 0 Å². The minimum Gasteiger partial charge on any atom is -0.496 e. The zero-order chi connectivity index (χ0) is 21.3. The minimum absolute atomic E-state index is 0.0189. The fraction of sp³-hybridized carbons (Fsp3) is 0.364. The van der Waals surface area contributed by atoms with E-state index in [1.54, 1.807) is 7.11 Å². The lowest BCUT2D eigenvalue weighted by atomic mass is 10.1. The number of carbonyl (C=O) groups excluding carboxylic acids is 2. The quantitative estimate of drug-likeness (QED) is 0.318. The number of fused-ring (bicyclic) bond motifs is 1. The summed E-state index contributed by atoms with van der Waals surface area (Å²) in [6.07, 6.45) is 2.12. The van der Waals surface area contributed by atoms with E-state index in [-0.39, 0.29) is 23.4 Å². The van der Waals surface area contributed by atoms with E-state index in [4.69, 9.17) is 4.74 Å². The van der Waals surface area contributed by atoms with Gasteiger partial charge in [0.15, 0.2) is 5.78 Å². The van der Waals surface area contributed by atoms with Gasteiger partial charge in [-0.25, -0.2) is 9.97 Å². The van der Waals surface area contributed by atoms with Crippen molar-refractivity contribution in [3.8, 4) is 5.75 Å². The summed E-state index contributed by atoms with van der Waals surface area (Å²) in [4.78, 5) is 35.7. The van der Waals surface area contributed by atoms with Crippen LogP contribution in [0.1, 0.15) is 46.1 Å². The number of carbonyl (C=O) groups is 2. The number of hydrogen-bond acceptors (Lipinski definition) is 7. The van der Waals surface area contributed by atoms with Crippen LogP contribution < -0.4 is 10.1 Å². The Hall–Kier alpha value is -2.45. The third kappa shape index (κ3) is 4.49. The zero-order valence-electron chi connectivity index (χ0n) is 17.1. The SMILES string of the molecule is COc1cccc2nc(C)nc(SCC(=O)c3ccc([C@H](C)C(=O)NC4CC4)s3)c12. The van der Waals surface area contributed by atoms with Crippen molar-refractivity contribution in [3.05, 3.63) is 45.9 Å². The molecule has 2 aromatic heterocycles. The van der Waals surface area contributed by atoms with Gasteiger partial charge in [-0.3, -0.25) is 9.59 Å². The van der Waals surface area contributed by atoms with E-state index in [0.29, 0.717) is 22.5 Å². The molecule has 1 fully saturated rings. The number of aryl methyl sites for hydroxylation is 1. The van der Waals surface area contributed by atoms with Crippen LogP contribution >= 0.6 is 23.1 Å². The zero-order valence-corrected chi connectivity index (χ0v) is 18.7. The van der Waals surface area contributed by atoms with Gasteiger partial charge >= 0.3 is 0 Å². The molecule has 1 aromatic carbocycles. The molecule has 1 aliphatic carbocycles. The number of thiophene rings is 1. The number of methoxy groups -OCH3 is 1. The molecule has 0 aliphatic heterocycles. The van der Waals surface area contributed by atoms with Crippen LogP contribution in [-0.4, -0.2) is 40.6 Å². The molecule has 0 spiro atoms. The molecule has 1 atom stereocenters. The van der Waals surface area contributed by atoms with Crippen molar-refractivity contribution in [2.24, 2.45) is 0 Å². The highest BCUT2D eigenvalue weighted by molar-refractivity contribution is 8.00. The number of amides is 1. The van der Waals surface area contributed by atoms with Crippen LogP contribution in [0.25, 0.3) is 10.9 Å². The van der Waals surface area contributed by atoms with E-state index in [0.717, 1.165) is 33.6 Å². The average molecular weight is 442 g/mol. The first kappa shape index (κ1) is 20.8. The van der Waals surface area contributed by atoms with Crippen LogP contribution in [0.3, 0.4) is 0 Å². The molecule has 0 unspecified atom stereocenters. The van der Waals surface area contributed by atoms with E-state index in [1.807, 2.05) is 44.2 Å². The van der Waals surface area contributed by atoms with Gasteiger partial charge in [0.05, 0.1) is 34.6 Å². The van der Waals surface area contributed by atoms with Gasteiger partial charge in [-0.15, -0.1) is 11.3 Å². The van der Waals surface area contributed by atoms with Gasteiger partial charge in [0.2, 0.25) is 5.91 Å². The molecule has 1 saturated carbocycles. The van der Waals surface area contributed by atoms with Crippen molar-refractivity contribution < 1.29 is 14.3 Å². The highest BCUT2D eigenvalue weighted by Gasteiger charge is 2.27. The first-order valence-electron chi connectivity index (χ1n) is 9.83. The normalized spacial score (nSPS) is 14.5. The Bertz CT molecular complexity index is 1110. The topological polar surface area (TPSA) is 81.2 Å². The Morgan fingerprint density at radius 3 is 2.80 bits per heavy atom. The number of nitrogens with one attached hydrogen (secondary N) is 1. The second kappa shape index (κ2) is 8.73. The number of aromatic nitrogens is 2. The Morgan fingerprint density at radius 2 is 2.07 bits per heavy atom. The summed E-state index contributed by atoms with van der Waals surface area (Å²) >= 11 is 2.78. The highest BCUT2D eigenvalue weighted by atomic mass is 32.2. The molecule has 30 heavy (non-hydrogen) atoms. The molecule has 1 aliphatic rings. The third-order valence-electron chi connectivity index (χ3n) is 4.97. The first-order chi connectivity index (χ1) is 14.5. The summed E-state index contributed by atoms with van der Waals surface area (Å²) in [6, 6.07) is 9.70. The number of rotatable bonds is 8. The lowest BCUT2D eigenvalue weighted by Gasteiger charge is -2.10. The van der Waals surface area contributed by atoms with Crippen LogP contribution in [0.4, 0.5) is 0 Å². The molecular formula is C22H23N3O3S2. The van der Waals surface area contributed by atoms with Crippen LogP contribution in [0.2, 0.25) is 0 Å². The molecular weight excluding hydrogens is 418 g/mol. The first-order valence-corrected chi connectivity index (χ1v) is 11.6. The van der Waals surface area contributed by atoms with Gasteiger partial charge in [-0.1, -0.05) is 17.8 Å². The molecule has 4 rings (SSSR count). The monoisotopic (exact) mass is 441 g/mol. The fourth-order valence-electron chi connectivity index (χ4n) is 3.13. The summed E-state index contributed by atoms with van der Waals surface area (Å²) in [6.45, 7) is 3.72. The van der Waals surface area contributed by atoms with Gasteiger partial charge in [-0.05, 0) is 51.0 Å². The van der Waals surface area contributed by atoms with Crippen LogP contribution in [-0.2, 0) is 4.79 Å². The molecule has 2 heterocycles. The van der Waals surface area contributed by atoms with E-state index >= 15 is 0 Å². The number of Topliss-reactive ketones (excluding diaryl/α,β-unsaturated/α-hetero) is 1. The predicted molar refractivity (Wildman–Crippen MR) is 120 cm³/mol. The summed E-state index contributed by atoms with van der Waals surface area (Å²) < 4.78 is 5.47. The highest BCUT2D eigenvalue weighted by Crippen LogP contribution is 2.34.